The van der Waals surface area contributed by atoms with Crippen molar-refractivity contribution in [3.05, 3.63) is 23.5 Å². The minimum absolute atomic E-state index is 0.00736. The topological polar surface area (TPSA) is 39.6 Å². The van der Waals surface area contributed by atoms with Crippen LogP contribution in [0.15, 0.2) is 12.3 Å². The second-order valence-corrected chi connectivity index (χ2v) is 2.25. The Labute approximate surface area is 66.6 Å². The molecule has 2 nitrogen and oxygen atoms in total. The summed E-state index contributed by atoms with van der Waals surface area (Å²) in [5, 5.41) is 8.19. The van der Waals surface area contributed by atoms with Gasteiger partial charge >= 0.3 is 6.18 Å². The Kier molecular flexibility index (Phi) is 2.09. The van der Waals surface area contributed by atoms with Crippen LogP contribution in [0, 0.1) is 11.3 Å². The molecule has 0 saturated heterocycles. The fourth-order valence-corrected chi connectivity index (χ4v) is 0.796. The van der Waals surface area contributed by atoms with Crippen molar-refractivity contribution in [1.29, 1.82) is 5.26 Å². The molecule has 0 atom stereocenters. The number of H-pyrrole nitrogens is 1. The molecule has 1 aromatic heterocycles. The Bertz CT molecular complexity index is 305. The van der Waals surface area contributed by atoms with Gasteiger partial charge in [0.2, 0.25) is 0 Å². The molecule has 0 spiro atoms. The Hall–Kier alpha value is -1.44. The largest absolute Gasteiger partial charge is 0.431 e. The summed E-state index contributed by atoms with van der Waals surface area (Å²) in [6.45, 7) is 0. The molecule has 0 saturated carbocycles. The number of hydrogen-bond acceptors (Lipinski definition) is 1. The second-order valence-electron chi connectivity index (χ2n) is 2.25. The molecule has 5 heteroatoms. The number of alkyl halides is 3. The fraction of sp³-hybridized carbons (Fsp3) is 0.286. The van der Waals surface area contributed by atoms with Crippen LogP contribution in [0.25, 0.3) is 0 Å². The van der Waals surface area contributed by atoms with Gasteiger partial charge in [-0.3, -0.25) is 0 Å². The second kappa shape index (κ2) is 2.89. The van der Waals surface area contributed by atoms with Crippen LogP contribution in [-0.4, -0.2) is 4.98 Å². The lowest BCUT2D eigenvalue weighted by Crippen LogP contribution is -2.04. The van der Waals surface area contributed by atoms with Crippen molar-refractivity contribution in [2.45, 2.75) is 12.6 Å². The number of nitriles is 1. The zero-order valence-corrected chi connectivity index (χ0v) is 5.94. The molecule has 1 N–H and O–H groups in total. The summed E-state index contributed by atoms with van der Waals surface area (Å²) in [6.07, 6.45) is -3.17. The third-order valence-corrected chi connectivity index (χ3v) is 1.33. The smallest absolute Gasteiger partial charge is 0.357 e. The summed E-state index contributed by atoms with van der Waals surface area (Å²) in [4.78, 5) is 2.05. The molecule has 0 amide bonds. The van der Waals surface area contributed by atoms with E-state index in [4.69, 9.17) is 5.26 Å². The number of aromatic nitrogens is 1. The number of hydrogen-bond donors (Lipinski definition) is 1. The van der Waals surface area contributed by atoms with Gasteiger partial charge in [-0.15, -0.1) is 0 Å². The normalized spacial score (nSPS) is 11.2. The molecule has 0 unspecified atom stereocenters. The lowest BCUT2D eigenvalue weighted by Gasteiger charge is -2.00. The molecule has 1 rings (SSSR count). The van der Waals surface area contributed by atoms with E-state index in [1.165, 1.54) is 6.20 Å². The van der Waals surface area contributed by atoms with Crippen molar-refractivity contribution in [3.63, 3.8) is 0 Å². The Morgan fingerprint density at radius 1 is 1.50 bits per heavy atom. The van der Waals surface area contributed by atoms with Crippen LogP contribution in [0.1, 0.15) is 11.3 Å². The van der Waals surface area contributed by atoms with Crippen molar-refractivity contribution in [2.75, 3.05) is 0 Å². The molecule has 0 fully saturated rings. The van der Waals surface area contributed by atoms with Crippen LogP contribution < -0.4 is 0 Å². The maximum Gasteiger partial charge on any atom is 0.431 e. The average molecular weight is 174 g/mol. The van der Waals surface area contributed by atoms with E-state index in [0.717, 1.165) is 6.07 Å². The molecule has 12 heavy (non-hydrogen) atoms. The third-order valence-electron chi connectivity index (χ3n) is 1.33. The molecule has 0 aromatic carbocycles. The summed E-state index contributed by atoms with van der Waals surface area (Å²) in [7, 11) is 0. The van der Waals surface area contributed by atoms with Gasteiger partial charge in [0, 0.05) is 6.20 Å². The van der Waals surface area contributed by atoms with Crippen molar-refractivity contribution < 1.29 is 13.2 Å². The molecule has 0 aliphatic carbocycles. The van der Waals surface area contributed by atoms with Crippen molar-refractivity contribution in [1.82, 2.24) is 4.98 Å². The standard InChI is InChI=1S/C7H5F3N2/c8-7(9,10)6-3-5(1-2-11)4-12-6/h3-4,12H,1H2. The predicted octanol–water partition coefficient (Wildman–Crippen LogP) is 2.10. The highest BCUT2D eigenvalue weighted by Gasteiger charge is 2.31. The first kappa shape index (κ1) is 8.65. The van der Waals surface area contributed by atoms with E-state index in [2.05, 4.69) is 4.98 Å². The van der Waals surface area contributed by atoms with E-state index in [9.17, 15) is 13.2 Å². The number of rotatable bonds is 1. The van der Waals surface area contributed by atoms with Gasteiger partial charge < -0.3 is 4.98 Å². The molecular formula is C7H5F3N2. The lowest BCUT2D eigenvalue weighted by molar-refractivity contribution is -0.140. The maximum absolute atomic E-state index is 11.9. The minimum Gasteiger partial charge on any atom is -0.357 e. The first-order valence-corrected chi connectivity index (χ1v) is 3.15. The first-order chi connectivity index (χ1) is 5.54. The lowest BCUT2D eigenvalue weighted by atomic mass is 10.2. The van der Waals surface area contributed by atoms with Gasteiger partial charge in [-0.25, -0.2) is 0 Å². The molecule has 1 aromatic rings. The molecule has 1 heterocycles. The average Bonchev–Trinajstić information content (AvgIpc) is 2.35. The van der Waals surface area contributed by atoms with Crippen molar-refractivity contribution >= 4 is 0 Å². The van der Waals surface area contributed by atoms with Gasteiger partial charge in [-0.2, -0.15) is 18.4 Å². The maximum atomic E-state index is 11.9. The molecule has 64 valence electrons. The van der Waals surface area contributed by atoms with Gasteiger partial charge in [-0.05, 0) is 11.6 Å². The monoisotopic (exact) mass is 174 g/mol. The van der Waals surface area contributed by atoms with E-state index in [0.29, 0.717) is 5.56 Å². The van der Waals surface area contributed by atoms with Gasteiger partial charge in [0.15, 0.2) is 0 Å². The molecule has 0 aliphatic heterocycles. The van der Waals surface area contributed by atoms with Crippen LogP contribution in [0.2, 0.25) is 0 Å². The van der Waals surface area contributed by atoms with E-state index >= 15 is 0 Å². The van der Waals surface area contributed by atoms with E-state index in [-0.39, 0.29) is 6.42 Å². The number of nitrogens with zero attached hydrogens (tertiary/aromatic N) is 1. The van der Waals surface area contributed by atoms with Gasteiger partial charge in [-0.1, -0.05) is 0 Å². The molecule has 0 bridgehead atoms. The Morgan fingerprint density at radius 3 is 2.58 bits per heavy atom. The summed E-state index contributed by atoms with van der Waals surface area (Å²) in [5.74, 6) is 0. The van der Waals surface area contributed by atoms with Crippen LogP contribution in [0.4, 0.5) is 13.2 Å². The van der Waals surface area contributed by atoms with E-state index < -0.39 is 11.9 Å². The molecular weight excluding hydrogens is 169 g/mol. The SMILES string of the molecule is N#CCc1c[nH]c(C(F)(F)F)c1. The summed E-state index contributed by atoms with van der Waals surface area (Å²) in [6, 6.07) is 2.70. The number of halogens is 3. The van der Waals surface area contributed by atoms with Crippen molar-refractivity contribution in [3.8, 4) is 6.07 Å². The molecule has 0 aliphatic rings. The zero-order chi connectivity index (χ0) is 9.19. The summed E-state index contributed by atoms with van der Waals surface area (Å²) < 4.78 is 35.8. The predicted molar refractivity (Wildman–Crippen MR) is 35.1 cm³/mol. The molecule has 0 radical (unpaired) electrons. The fourth-order valence-electron chi connectivity index (χ4n) is 0.796. The van der Waals surface area contributed by atoms with Gasteiger partial charge in [0.05, 0.1) is 12.5 Å². The first-order valence-electron chi connectivity index (χ1n) is 3.15. The highest BCUT2D eigenvalue weighted by molar-refractivity contribution is 5.21. The van der Waals surface area contributed by atoms with E-state index in [1.807, 2.05) is 0 Å². The quantitative estimate of drug-likeness (QED) is 0.695. The third kappa shape index (κ3) is 1.78. The van der Waals surface area contributed by atoms with Crippen LogP contribution in [-0.2, 0) is 12.6 Å². The van der Waals surface area contributed by atoms with Gasteiger partial charge in [0.1, 0.15) is 5.69 Å². The van der Waals surface area contributed by atoms with Crippen LogP contribution >= 0.6 is 0 Å². The summed E-state index contributed by atoms with van der Waals surface area (Å²) >= 11 is 0. The summed E-state index contributed by atoms with van der Waals surface area (Å²) in [5.41, 5.74) is -0.461. The Morgan fingerprint density at radius 2 is 2.17 bits per heavy atom. The minimum atomic E-state index is -4.35. The van der Waals surface area contributed by atoms with Crippen LogP contribution in [0.5, 0.6) is 0 Å². The number of nitrogens with one attached hydrogen (secondary N) is 1. The highest BCUT2D eigenvalue weighted by Crippen LogP contribution is 2.28. The zero-order valence-electron chi connectivity index (χ0n) is 5.94. The van der Waals surface area contributed by atoms with Gasteiger partial charge in [0.25, 0.3) is 0 Å². The Balaban J connectivity index is 2.86. The highest BCUT2D eigenvalue weighted by atomic mass is 19.4. The van der Waals surface area contributed by atoms with Crippen molar-refractivity contribution in [2.24, 2.45) is 0 Å². The number of aromatic amines is 1. The van der Waals surface area contributed by atoms with E-state index in [1.54, 1.807) is 6.07 Å². The van der Waals surface area contributed by atoms with Crippen LogP contribution in [0.3, 0.4) is 0 Å².